The second-order valence-corrected chi connectivity index (χ2v) is 17.7. The van der Waals surface area contributed by atoms with E-state index in [1.54, 1.807) is 13.8 Å². The molecule has 51 heavy (non-hydrogen) atoms. The number of anilines is 2. The summed E-state index contributed by atoms with van der Waals surface area (Å²) in [6, 6.07) is 0. The molecule has 0 radical (unpaired) electrons. The van der Waals surface area contributed by atoms with Gasteiger partial charge < -0.3 is 19.7 Å². The maximum absolute atomic E-state index is 16.3. The SMILES string of the molecule is CC(C)C(=O)Nc1nc2c(ncn2[C@@H]2O[C@@H]3CO[P@@](=O)(S)O[C@H]4[C@@H](F)[C@H](n5cnc6c(N)ncnc65)O[C@@H]4CCO[P@@](=O)(S)O[C@H]3[C@H]2F)c(=O)[nH]1. The van der Waals surface area contributed by atoms with Crippen molar-refractivity contribution in [2.75, 3.05) is 24.3 Å². The van der Waals surface area contributed by atoms with E-state index in [0.717, 1.165) is 17.2 Å². The fraction of sp³-hybridized carbons (Fsp3) is 0.560. The van der Waals surface area contributed by atoms with Crippen molar-refractivity contribution in [2.45, 2.75) is 69.5 Å². The molecular formula is C25H30F2N10O10P2S2. The predicted molar refractivity (Wildman–Crippen MR) is 178 cm³/mol. The Hall–Kier alpha value is -3.05. The minimum atomic E-state index is -4.47. The number of amides is 1. The van der Waals surface area contributed by atoms with Gasteiger partial charge in [0.05, 0.1) is 32.0 Å². The Morgan fingerprint density at radius 2 is 1.57 bits per heavy atom. The van der Waals surface area contributed by atoms with E-state index in [1.165, 1.54) is 10.9 Å². The van der Waals surface area contributed by atoms with Crippen LogP contribution in [0.5, 0.6) is 0 Å². The van der Waals surface area contributed by atoms with Crippen LogP contribution in [0.25, 0.3) is 22.3 Å². The highest BCUT2D eigenvalue weighted by Gasteiger charge is 2.53. The number of fused-ring (bicyclic) bond motifs is 4. The van der Waals surface area contributed by atoms with Crippen molar-refractivity contribution >= 4 is 78.1 Å². The van der Waals surface area contributed by atoms with E-state index in [0.29, 0.717) is 0 Å². The molecule has 7 rings (SSSR count). The molecule has 0 aliphatic carbocycles. The molecule has 3 fully saturated rings. The summed E-state index contributed by atoms with van der Waals surface area (Å²) in [7, 11) is 0. The third-order valence-electron chi connectivity index (χ3n) is 8.24. The normalized spacial score (nSPS) is 34.9. The van der Waals surface area contributed by atoms with Crippen molar-refractivity contribution in [1.29, 1.82) is 0 Å². The number of thiol groups is 2. The fourth-order valence-corrected chi connectivity index (χ4v) is 8.77. The molecule has 3 aliphatic rings. The number of H-pyrrole nitrogens is 1. The zero-order valence-electron chi connectivity index (χ0n) is 26.4. The molecule has 0 bridgehead atoms. The van der Waals surface area contributed by atoms with E-state index in [-0.39, 0.29) is 40.5 Å². The van der Waals surface area contributed by atoms with Crippen LogP contribution in [0.3, 0.4) is 0 Å². The molecule has 276 valence electrons. The highest BCUT2D eigenvalue weighted by atomic mass is 32.7. The standard InChI is InChI=1S/C25H30F2N10O10P2S2/c1-9(2)21(38)34-25-33-20-15(22(39)35-25)32-8-37(20)24-13(27)17-11(45-24)5-43-49(41,51)46-16-10(3-4-42-48(40,50)47-17)44-23(12(16)26)36-7-31-14-18(28)29-6-30-19(14)36/h6-13,16-17,23-24H,3-5H2,1-2H3,(H,40,50)(H,41,51)(H2,28,29,30)(H2,33,34,35,38,39)/t10-,11-,12-,13-,16-,17-,23-,24-,48-,49-/m1/s1. The zero-order valence-corrected chi connectivity index (χ0v) is 30.0. The molecule has 3 saturated heterocycles. The van der Waals surface area contributed by atoms with Gasteiger partial charge in [-0.3, -0.25) is 42.6 Å². The number of hydrogen-bond donors (Lipinski definition) is 5. The summed E-state index contributed by atoms with van der Waals surface area (Å²) < 4.78 is 95.4. The van der Waals surface area contributed by atoms with Crippen LogP contribution in [0.1, 0.15) is 32.7 Å². The van der Waals surface area contributed by atoms with Crippen LogP contribution in [0.15, 0.2) is 23.8 Å². The third kappa shape index (κ3) is 7.06. The molecule has 26 heteroatoms. The van der Waals surface area contributed by atoms with Gasteiger partial charge in [0.25, 0.3) is 5.56 Å². The Bertz CT molecular complexity index is 2140. The second kappa shape index (κ2) is 13.7. The average molecular weight is 795 g/mol. The van der Waals surface area contributed by atoms with E-state index in [4.69, 9.17) is 33.3 Å². The molecule has 4 N–H and O–H groups in total. The van der Waals surface area contributed by atoms with Gasteiger partial charge in [-0.2, -0.15) is 4.98 Å². The Balaban J connectivity index is 1.15. The lowest BCUT2D eigenvalue weighted by molar-refractivity contribution is -0.118. The number of hydrogen-bond acceptors (Lipinski definition) is 16. The molecule has 10 atom stereocenters. The smallest absolute Gasteiger partial charge is 0.382 e. The van der Waals surface area contributed by atoms with Crippen LogP contribution in [-0.4, -0.2) is 94.9 Å². The van der Waals surface area contributed by atoms with E-state index in [2.05, 4.69) is 59.7 Å². The molecule has 3 aliphatic heterocycles. The number of carbonyl (C=O) groups is 1. The topological polar surface area (TPSA) is 252 Å². The van der Waals surface area contributed by atoms with Gasteiger partial charge in [0.15, 0.2) is 47.4 Å². The highest BCUT2D eigenvalue weighted by molar-refractivity contribution is 8.44. The van der Waals surface area contributed by atoms with Crippen molar-refractivity contribution in [3.05, 3.63) is 29.3 Å². The average Bonchev–Trinajstić information content (AvgIpc) is 3.82. The van der Waals surface area contributed by atoms with Gasteiger partial charge in [-0.25, -0.2) is 37.8 Å². The van der Waals surface area contributed by atoms with Gasteiger partial charge in [0.1, 0.15) is 30.2 Å². The Labute approximate surface area is 295 Å². The van der Waals surface area contributed by atoms with Crippen molar-refractivity contribution < 1.29 is 50.3 Å². The summed E-state index contributed by atoms with van der Waals surface area (Å²) in [5.74, 6) is -1.09. The van der Waals surface area contributed by atoms with Gasteiger partial charge in [-0.05, 0) is 0 Å². The summed E-state index contributed by atoms with van der Waals surface area (Å²) in [6.07, 6.45) is -9.89. The maximum Gasteiger partial charge on any atom is 0.386 e. The largest absolute Gasteiger partial charge is 0.386 e. The highest BCUT2D eigenvalue weighted by Crippen LogP contribution is 2.60. The number of nitrogens with zero attached hydrogens (tertiary/aromatic N) is 7. The Morgan fingerprint density at radius 1 is 0.961 bits per heavy atom. The molecule has 0 spiro atoms. The van der Waals surface area contributed by atoms with Crippen molar-refractivity contribution in [1.82, 2.24) is 39.0 Å². The molecule has 4 aromatic rings. The summed E-state index contributed by atoms with van der Waals surface area (Å²) in [6.45, 7) is -6.77. The number of nitrogens with one attached hydrogen (secondary N) is 2. The van der Waals surface area contributed by atoms with Gasteiger partial charge in [-0.15, -0.1) is 0 Å². The molecule has 7 heterocycles. The first-order valence-electron chi connectivity index (χ1n) is 15.2. The van der Waals surface area contributed by atoms with Crippen LogP contribution in [0.4, 0.5) is 20.5 Å². The van der Waals surface area contributed by atoms with Gasteiger partial charge >= 0.3 is 13.6 Å². The number of carbonyl (C=O) groups excluding carboxylic acids is 1. The summed E-state index contributed by atoms with van der Waals surface area (Å²) in [5.41, 5.74) is 5.08. The minimum absolute atomic E-state index is 0.0494. The molecule has 4 aromatic heterocycles. The molecule has 0 aromatic carbocycles. The lowest BCUT2D eigenvalue weighted by atomic mass is 10.1. The zero-order chi connectivity index (χ0) is 36.4. The first-order valence-corrected chi connectivity index (χ1v) is 20.6. The number of imidazole rings is 2. The van der Waals surface area contributed by atoms with Gasteiger partial charge in [0, 0.05) is 12.3 Å². The predicted octanol–water partition coefficient (Wildman–Crippen LogP) is 2.89. The number of rotatable bonds is 4. The Kier molecular flexibility index (Phi) is 9.78. The summed E-state index contributed by atoms with van der Waals surface area (Å²) in [5, 5.41) is 2.46. The van der Waals surface area contributed by atoms with Crippen LogP contribution in [0.2, 0.25) is 0 Å². The molecule has 0 unspecified atom stereocenters. The molecule has 0 saturated carbocycles. The first kappa shape index (κ1) is 36.3. The lowest BCUT2D eigenvalue weighted by Crippen LogP contribution is -2.33. The van der Waals surface area contributed by atoms with E-state index >= 15 is 8.78 Å². The van der Waals surface area contributed by atoms with E-state index in [9.17, 15) is 18.7 Å². The number of aromatic nitrogens is 8. The fourth-order valence-electron chi connectivity index (χ4n) is 5.76. The van der Waals surface area contributed by atoms with Gasteiger partial charge in [-0.1, -0.05) is 38.3 Å². The first-order chi connectivity index (χ1) is 24.1. The monoisotopic (exact) mass is 794 g/mol. The van der Waals surface area contributed by atoms with Crippen LogP contribution >= 0.6 is 38.1 Å². The molecule has 20 nitrogen and oxygen atoms in total. The number of halogens is 2. The van der Waals surface area contributed by atoms with Crippen LogP contribution < -0.4 is 16.6 Å². The number of nitrogens with two attached hydrogens (primary N) is 1. The third-order valence-corrected chi connectivity index (χ3v) is 11.5. The second-order valence-electron chi connectivity index (χ2n) is 12.0. The molecular weight excluding hydrogens is 764 g/mol. The van der Waals surface area contributed by atoms with Crippen molar-refractivity contribution in [3.63, 3.8) is 0 Å². The number of alkyl halides is 2. The number of ether oxygens (including phenoxy) is 2. The van der Waals surface area contributed by atoms with E-state index < -0.39 is 93.4 Å². The van der Waals surface area contributed by atoms with E-state index in [1.807, 2.05) is 0 Å². The van der Waals surface area contributed by atoms with Crippen molar-refractivity contribution in [2.24, 2.45) is 5.92 Å². The van der Waals surface area contributed by atoms with Crippen LogP contribution in [-0.2, 0) is 41.5 Å². The number of aromatic amines is 1. The maximum atomic E-state index is 16.3. The Morgan fingerprint density at radius 3 is 2.25 bits per heavy atom. The summed E-state index contributed by atoms with van der Waals surface area (Å²) >= 11 is 8.04. The van der Waals surface area contributed by atoms with Crippen molar-refractivity contribution in [3.8, 4) is 0 Å². The number of nitrogen functional groups attached to an aromatic ring is 1. The van der Waals surface area contributed by atoms with Gasteiger partial charge in [0.2, 0.25) is 11.9 Å². The minimum Gasteiger partial charge on any atom is -0.382 e. The quantitative estimate of drug-likeness (QED) is 0.147. The van der Waals surface area contributed by atoms with Crippen LogP contribution in [0, 0.1) is 5.92 Å². The summed E-state index contributed by atoms with van der Waals surface area (Å²) in [4.78, 5) is 47.6. The lowest BCUT2D eigenvalue weighted by Gasteiger charge is -2.24. The molecule has 1 amide bonds.